The number of urea groups is 1. The van der Waals surface area contributed by atoms with E-state index >= 15 is 0 Å². The highest BCUT2D eigenvalue weighted by atomic mass is 16.2. The van der Waals surface area contributed by atoms with Gasteiger partial charge in [-0.3, -0.25) is 14.5 Å². The Bertz CT molecular complexity index is 776. The number of hydrogen-bond acceptors (Lipinski definition) is 3. The highest BCUT2D eigenvalue weighted by molar-refractivity contribution is 6.08. The van der Waals surface area contributed by atoms with Gasteiger partial charge in [0.05, 0.1) is 6.54 Å². The number of Topliss-reactive ketones (excluding diaryl/α,β-unsaturated/α-hetero) is 1. The number of ketones is 1. The van der Waals surface area contributed by atoms with E-state index in [0.29, 0.717) is 5.56 Å². The molecule has 1 aliphatic heterocycles. The Labute approximate surface area is 154 Å². The molecule has 0 aromatic carbocycles. The second-order valence-corrected chi connectivity index (χ2v) is 7.34. The van der Waals surface area contributed by atoms with Gasteiger partial charge in [-0.25, -0.2) is 4.79 Å². The van der Waals surface area contributed by atoms with E-state index in [4.69, 9.17) is 0 Å². The molecule has 3 amide bonds. The minimum atomic E-state index is -0.401. The zero-order valence-corrected chi connectivity index (χ0v) is 15.9. The third-order valence-electron chi connectivity index (χ3n) is 5.45. The van der Waals surface area contributed by atoms with Crippen LogP contribution >= 0.6 is 0 Å². The van der Waals surface area contributed by atoms with E-state index in [1.165, 1.54) is 36.2 Å². The Morgan fingerprint density at radius 1 is 1.19 bits per heavy atom. The Balaban J connectivity index is 1.70. The average molecular weight is 357 g/mol. The molecule has 26 heavy (non-hydrogen) atoms. The SMILES string of the molecule is Cc1cc(C(=O)CN2C(=O)CN(C)C2=O)c(C)n1CCC1=CCCCC1. The molecule has 6 heteroatoms. The van der Waals surface area contributed by atoms with Gasteiger partial charge in [-0.15, -0.1) is 0 Å². The Morgan fingerprint density at radius 2 is 1.96 bits per heavy atom. The summed E-state index contributed by atoms with van der Waals surface area (Å²) in [6.45, 7) is 4.66. The van der Waals surface area contributed by atoms with Gasteiger partial charge in [0.2, 0.25) is 0 Å². The number of carbonyl (C=O) groups is 3. The van der Waals surface area contributed by atoms with Crippen LogP contribution in [0, 0.1) is 13.8 Å². The van der Waals surface area contributed by atoms with Crippen LogP contribution in [-0.4, -0.2) is 52.2 Å². The van der Waals surface area contributed by atoms with Crippen LogP contribution in [0.15, 0.2) is 17.7 Å². The van der Waals surface area contributed by atoms with E-state index in [2.05, 4.69) is 10.6 Å². The van der Waals surface area contributed by atoms with Crippen molar-refractivity contribution in [3.8, 4) is 0 Å². The number of imide groups is 1. The van der Waals surface area contributed by atoms with Gasteiger partial charge in [-0.05, 0) is 52.0 Å². The van der Waals surface area contributed by atoms with E-state index in [-0.39, 0.29) is 24.8 Å². The molecule has 1 saturated heterocycles. The fraction of sp³-hybridized carbons (Fsp3) is 0.550. The molecular weight excluding hydrogens is 330 g/mol. The van der Waals surface area contributed by atoms with Crippen LogP contribution in [0.5, 0.6) is 0 Å². The topological polar surface area (TPSA) is 62.6 Å². The molecule has 0 unspecified atom stereocenters. The zero-order chi connectivity index (χ0) is 18.8. The van der Waals surface area contributed by atoms with Crippen molar-refractivity contribution in [1.82, 2.24) is 14.4 Å². The molecule has 0 bridgehead atoms. The summed E-state index contributed by atoms with van der Waals surface area (Å²) in [7, 11) is 1.57. The summed E-state index contributed by atoms with van der Waals surface area (Å²) in [6.07, 6.45) is 8.27. The standard InChI is InChI=1S/C20H27N3O3/c1-14-11-17(18(24)12-23-19(25)13-21(3)20(23)26)15(2)22(14)10-9-16-7-5-4-6-8-16/h7,11H,4-6,8-10,12-13H2,1-3H3. The number of rotatable bonds is 6. The van der Waals surface area contributed by atoms with Crippen molar-refractivity contribution in [2.24, 2.45) is 0 Å². The monoisotopic (exact) mass is 357 g/mol. The predicted octanol–water partition coefficient (Wildman–Crippen LogP) is 3.07. The molecule has 2 aliphatic rings. The summed E-state index contributed by atoms with van der Waals surface area (Å²) < 4.78 is 2.17. The Kier molecular flexibility index (Phi) is 5.30. The number of amides is 3. The van der Waals surface area contributed by atoms with Crippen LogP contribution in [0.4, 0.5) is 4.79 Å². The van der Waals surface area contributed by atoms with E-state index < -0.39 is 6.03 Å². The number of aromatic nitrogens is 1. The maximum Gasteiger partial charge on any atom is 0.327 e. The van der Waals surface area contributed by atoms with Crippen LogP contribution in [0.1, 0.15) is 53.8 Å². The highest BCUT2D eigenvalue weighted by Gasteiger charge is 2.35. The molecule has 0 saturated carbocycles. The number of likely N-dealkylation sites (N-methyl/N-ethyl adjacent to an activating group) is 1. The normalized spacial score (nSPS) is 17.9. The van der Waals surface area contributed by atoms with Crippen molar-refractivity contribution in [1.29, 1.82) is 0 Å². The maximum atomic E-state index is 12.7. The highest BCUT2D eigenvalue weighted by Crippen LogP contribution is 2.23. The van der Waals surface area contributed by atoms with Crippen LogP contribution in [0.3, 0.4) is 0 Å². The van der Waals surface area contributed by atoms with Gasteiger partial charge in [0.15, 0.2) is 5.78 Å². The maximum absolute atomic E-state index is 12.7. The quantitative estimate of drug-likeness (QED) is 0.446. The molecule has 0 radical (unpaired) electrons. The van der Waals surface area contributed by atoms with Gasteiger partial charge in [-0.2, -0.15) is 0 Å². The van der Waals surface area contributed by atoms with Crippen LogP contribution in [-0.2, 0) is 11.3 Å². The van der Waals surface area contributed by atoms with Crippen molar-refractivity contribution in [3.63, 3.8) is 0 Å². The van der Waals surface area contributed by atoms with Gasteiger partial charge < -0.3 is 9.47 Å². The first-order valence-electron chi connectivity index (χ1n) is 9.31. The van der Waals surface area contributed by atoms with Crippen LogP contribution in [0.2, 0.25) is 0 Å². The van der Waals surface area contributed by atoms with Gasteiger partial charge in [-0.1, -0.05) is 11.6 Å². The lowest BCUT2D eigenvalue weighted by Crippen LogP contribution is -2.36. The second kappa shape index (κ2) is 7.48. The molecule has 1 fully saturated rings. The third-order valence-corrected chi connectivity index (χ3v) is 5.45. The number of nitrogens with zero attached hydrogens (tertiary/aromatic N) is 3. The van der Waals surface area contributed by atoms with Crippen molar-refractivity contribution in [2.75, 3.05) is 20.1 Å². The minimum absolute atomic E-state index is 0.0419. The average Bonchev–Trinajstić information content (AvgIpc) is 3.04. The summed E-state index contributed by atoms with van der Waals surface area (Å²) in [5.41, 5.74) is 4.07. The molecule has 3 rings (SSSR count). The fourth-order valence-corrected chi connectivity index (χ4v) is 3.87. The van der Waals surface area contributed by atoms with Crippen LogP contribution in [0.25, 0.3) is 0 Å². The molecule has 0 spiro atoms. The molecule has 0 N–H and O–H groups in total. The lowest BCUT2D eigenvalue weighted by molar-refractivity contribution is -0.125. The predicted molar refractivity (Wildman–Crippen MR) is 99.1 cm³/mol. The minimum Gasteiger partial charge on any atom is -0.348 e. The fourth-order valence-electron chi connectivity index (χ4n) is 3.87. The van der Waals surface area contributed by atoms with Gasteiger partial charge in [0, 0.05) is 30.5 Å². The lowest BCUT2D eigenvalue weighted by atomic mass is 9.97. The molecular formula is C20H27N3O3. The summed E-state index contributed by atoms with van der Waals surface area (Å²) in [5, 5.41) is 0. The smallest absolute Gasteiger partial charge is 0.327 e. The lowest BCUT2D eigenvalue weighted by Gasteiger charge is -2.15. The molecule has 1 aliphatic carbocycles. The van der Waals surface area contributed by atoms with Crippen LogP contribution < -0.4 is 0 Å². The number of carbonyl (C=O) groups excluding carboxylic acids is 3. The van der Waals surface area contributed by atoms with Crippen molar-refractivity contribution < 1.29 is 14.4 Å². The first-order chi connectivity index (χ1) is 12.4. The van der Waals surface area contributed by atoms with Gasteiger partial charge in [0.1, 0.15) is 6.54 Å². The summed E-state index contributed by atoms with van der Waals surface area (Å²) >= 11 is 0. The Morgan fingerprint density at radius 3 is 2.58 bits per heavy atom. The third kappa shape index (κ3) is 3.59. The first-order valence-corrected chi connectivity index (χ1v) is 9.31. The number of allylic oxidation sites excluding steroid dienone is 2. The number of hydrogen-bond donors (Lipinski definition) is 0. The van der Waals surface area contributed by atoms with Crippen molar-refractivity contribution >= 4 is 17.7 Å². The number of aryl methyl sites for hydroxylation is 1. The Hall–Kier alpha value is -2.37. The summed E-state index contributed by atoms with van der Waals surface area (Å²) in [6, 6.07) is 1.48. The molecule has 2 heterocycles. The first kappa shape index (κ1) is 18.4. The summed E-state index contributed by atoms with van der Waals surface area (Å²) in [5.74, 6) is -0.498. The molecule has 6 nitrogen and oxygen atoms in total. The van der Waals surface area contributed by atoms with Gasteiger partial charge >= 0.3 is 6.03 Å². The van der Waals surface area contributed by atoms with Crippen molar-refractivity contribution in [2.45, 2.75) is 52.5 Å². The largest absolute Gasteiger partial charge is 0.348 e. The molecule has 140 valence electrons. The summed E-state index contributed by atoms with van der Waals surface area (Å²) in [4.78, 5) is 39.0. The van der Waals surface area contributed by atoms with Gasteiger partial charge in [0.25, 0.3) is 5.91 Å². The van der Waals surface area contributed by atoms with E-state index in [1.807, 2.05) is 19.9 Å². The molecule has 0 atom stereocenters. The van der Waals surface area contributed by atoms with Crippen molar-refractivity contribution in [3.05, 3.63) is 34.7 Å². The zero-order valence-electron chi connectivity index (χ0n) is 15.9. The second-order valence-electron chi connectivity index (χ2n) is 7.34. The van der Waals surface area contributed by atoms with E-state index in [1.54, 1.807) is 7.05 Å². The van der Waals surface area contributed by atoms with E-state index in [9.17, 15) is 14.4 Å². The molecule has 1 aromatic rings. The van der Waals surface area contributed by atoms with E-state index in [0.717, 1.165) is 29.3 Å². The molecule has 1 aromatic heterocycles.